The average molecular weight is 442 g/mol. The second-order valence-electron chi connectivity index (χ2n) is 5.98. The number of rotatable bonds is 11. The van der Waals surface area contributed by atoms with Gasteiger partial charge in [0.15, 0.2) is 18.1 Å². The van der Waals surface area contributed by atoms with Gasteiger partial charge < -0.3 is 14.2 Å². The molecule has 8 nitrogen and oxygen atoms in total. The summed E-state index contributed by atoms with van der Waals surface area (Å²) in [5.74, 6) is -0.0604. The highest BCUT2D eigenvalue weighted by Crippen LogP contribution is 2.28. The Morgan fingerprint density at radius 2 is 1.90 bits per heavy atom. The number of ether oxygens (including phenoxy) is 3. The van der Waals surface area contributed by atoms with Crippen LogP contribution in [0, 0.1) is 0 Å². The maximum absolute atomic E-state index is 12.3. The average Bonchev–Trinajstić information content (AvgIpc) is 3.14. The van der Waals surface area contributed by atoms with Crippen molar-refractivity contribution in [2.24, 2.45) is 0 Å². The second kappa shape index (κ2) is 10.4. The molecule has 2 aromatic rings. The summed E-state index contributed by atoms with van der Waals surface area (Å²) in [4.78, 5) is 25.8. The van der Waals surface area contributed by atoms with Crippen LogP contribution in [0.1, 0.15) is 31.8 Å². The van der Waals surface area contributed by atoms with Gasteiger partial charge >= 0.3 is 5.97 Å². The maximum Gasteiger partial charge on any atom is 0.338 e. The molecule has 0 bridgehead atoms. The topological polar surface area (TPSA) is 108 Å². The first-order valence-corrected chi connectivity index (χ1v) is 11.5. The first-order valence-electron chi connectivity index (χ1n) is 8.78. The molecule has 158 valence electrons. The van der Waals surface area contributed by atoms with E-state index in [0.29, 0.717) is 29.4 Å². The molecule has 0 spiro atoms. The third kappa shape index (κ3) is 7.15. The lowest BCUT2D eigenvalue weighted by Gasteiger charge is -2.10. The number of carbonyl (C=O) groups is 2. The number of Topliss-reactive ketones (excluding diaryl/α,β-unsaturated/α-hetero) is 1. The molecule has 29 heavy (non-hydrogen) atoms. The zero-order valence-electron chi connectivity index (χ0n) is 16.4. The van der Waals surface area contributed by atoms with Crippen LogP contribution >= 0.6 is 11.3 Å². The molecular formula is C19H23NO7S2. The van der Waals surface area contributed by atoms with Gasteiger partial charge in [-0.2, -0.15) is 0 Å². The number of sulfonamides is 1. The Balaban J connectivity index is 1.91. The number of benzene rings is 1. The standard InChI is InChI=1S/C19H23NO7S2/c1-4-26-16-7-5-13(11-17(16)25-2)19(22)27-12-15(21)18-8-6-14(28-18)9-10-20-29(3,23)24/h5-8,11,20H,4,9-10,12H2,1-3H3. The quantitative estimate of drug-likeness (QED) is 0.421. The monoisotopic (exact) mass is 441 g/mol. The van der Waals surface area contributed by atoms with Crippen LogP contribution in [-0.4, -0.2) is 53.3 Å². The summed E-state index contributed by atoms with van der Waals surface area (Å²) in [5, 5.41) is 0. The van der Waals surface area contributed by atoms with Crippen LogP contribution in [0.2, 0.25) is 0 Å². The molecule has 10 heteroatoms. The van der Waals surface area contributed by atoms with Gasteiger partial charge in [-0.1, -0.05) is 0 Å². The van der Waals surface area contributed by atoms with E-state index < -0.39 is 22.6 Å². The van der Waals surface area contributed by atoms with Crippen LogP contribution in [0.3, 0.4) is 0 Å². The molecule has 0 unspecified atom stereocenters. The lowest BCUT2D eigenvalue weighted by Crippen LogP contribution is -2.24. The Morgan fingerprint density at radius 3 is 2.55 bits per heavy atom. The fraction of sp³-hybridized carbons (Fsp3) is 0.368. The van der Waals surface area contributed by atoms with Crippen LogP contribution in [-0.2, 0) is 21.2 Å². The van der Waals surface area contributed by atoms with Gasteiger partial charge in [0, 0.05) is 11.4 Å². The SMILES string of the molecule is CCOc1ccc(C(=O)OCC(=O)c2ccc(CCNS(C)(=O)=O)s2)cc1OC. The minimum Gasteiger partial charge on any atom is -0.493 e. The summed E-state index contributed by atoms with van der Waals surface area (Å²) < 4.78 is 40.2. The number of hydrogen-bond donors (Lipinski definition) is 1. The highest BCUT2D eigenvalue weighted by atomic mass is 32.2. The van der Waals surface area contributed by atoms with Crippen molar-refractivity contribution in [3.05, 3.63) is 45.6 Å². The van der Waals surface area contributed by atoms with Crippen LogP contribution in [0.25, 0.3) is 0 Å². The predicted octanol–water partition coefficient (Wildman–Crippen LogP) is 2.29. The van der Waals surface area contributed by atoms with E-state index in [1.165, 1.54) is 24.5 Å². The number of methoxy groups -OCH3 is 1. The van der Waals surface area contributed by atoms with Crippen molar-refractivity contribution in [1.82, 2.24) is 4.72 Å². The summed E-state index contributed by atoms with van der Waals surface area (Å²) >= 11 is 1.24. The highest BCUT2D eigenvalue weighted by molar-refractivity contribution is 7.88. The van der Waals surface area contributed by atoms with Gasteiger partial charge in [0.1, 0.15) is 0 Å². The van der Waals surface area contributed by atoms with E-state index >= 15 is 0 Å². The molecule has 0 aliphatic heterocycles. The summed E-state index contributed by atoms with van der Waals surface area (Å²) in [5.41, 5.74) is 0.247. The van der Waals surface area contributed by atoms with Gasteiger partial charge in [0.05, 0.1) is 30.4 Å². The Morgan fingerprint density at radius 1 is 1.14 bits per heavy atom. The minimum absolute atomic E-state index is 0.247. The number of esters is 1. The van der Waals surface area contributed by atoms with Gasteiger partial charge in [-0.15, -0.1) is 11.3 Å². The zero-order chi connectivity index (χ0) is 21.4. The van der Waals surface area contributed by atoms with E-state index in [-0.39, 0.29) is 17.9 Å². The van der Waals surface area contributed by atoms with Crippen LogP contribution in [0.5, 0.6) is 11.5 Å². The Bertz CT molecular complexity index is 967. The molecular weight excluding hydrogens is 418 g/mol. The van der Waals surface area contributed by atoms with Crippen molar-refractivity contribution in [2.75, 3.05) is 33.1 Å². The van der Waals surface area contributed by atoms with Gasteiger partial charge in [0.2, 0.25) is 15.8 Å². The predicted molar refractivity (Wildman–Crippen MR) is 110 cm³/mol. The van der Waals surface area contributed by atoms with E-state index in [1.807, 2.05) is 6.92 Å². The number of hydrogen-bond acceptors (Lipinski definition) is 8. The smallest absolute Gasteiger partial charge is 0.338 e. The summed E-state index contributed by atoms with van der Waals surface area (Å²) in [6.07, 6.45) is 1.56. The minimum atomic E-state index is -3.25. The molecule has 0 aliphatic rings. The largest absolute Gasteiger partial charge is 0.493 e. The first kappa shape index (κ1) is 22.9. The molecule has 1 aromatic carbocycles. The Hall–Kier alpha value is -2.43. The lowest BCUT2D eigenvalue weighted by molar-refractivity contribution is 0.0475. The molecule has 0 aliphatic carbocycles. The van der Waals surface area contributed by atoms with Crippen molar-refractivity contribution in [2.45, 2.75) is 13.3 Å². The number of nitrogens with one attached hydrogen (secondary N) is 1. The first-order chi connectivity index (χ1) is 13.7. The molecule has 1 N–H and O–H groups in total. The number of thiophene rings is 1. The summed E-state index contributed by atoms with van der Waals surface area (Å²) in [6, 6.07) is 8.03. The molecule has 0 radical (unpaired) electrons. The Kier molecular flexibility index (Phi) is 8.18. The summed E-state index contributed by atoms with van der Waals surface area (Å²) in [6.45, 7) is 2.16. The van der Waals surface area contributed by atoms with Crippen molar-refractivity contribution >= 4 is 33.1 Å². The van der Waals surface area contributed by atoms with E-state index in [9.17, 15) is 18.0 Å². The van der Waals surface area contributed by atoms with E-state index in [0.717, 1.165) is 11.1 Å². The molecule has 2 rings (SSSR count). The van der Waals surface area contributed by atoms with Gasteiger partial charge in [0.25, 0.3) is 0 Å². The van der Waals surface area contributed by atoms with Crippen molar-refractivity contribution in [1.29, 1.82) is 0 Å². The van der Waals surface area contributed by atoms with Crippen molar-refractivity contribution in [3.63, 3.8) is 0 Å². The molecule has 1 heterocycles. The normalized spacial score (nSPS) is 11.1. The summed E-state index contributed by atoms with van der Waals surface area (Å²) in [7, 11) is -1.78. The third-order valence-electron chi connectivity index (χ3n) is 3.71. The molecule has 1 aromatic heterocycles. The zero-order valence-corrected chi connectivity index (χ0v) is 18.0. The van der Waals surface area contributed by atoms with Crippen LogP contribution in [0.15, 0.2) is 30.3 Å². The van der Waals surface area contributed by atoms with Crippen LogP contribution < -0.4 is 14.2 Å². The van der Waals surface area contributed by atoms with Crippen LogP contribution in [0.4, 0.5) is 0 Å². The third-order valence-corrected chi connectivity index (χ3v) is 5.62. The van der Waals surface area contributed by atoms with Gasteiger partial charge in [-0.3, -0.25) is 4.79 Å². The number of ketones is 1. The van der Waals surface area contributed by atoms with Crippen molar-refractivity contribution < 1.29 is 32.2 Å². The number of carbonyl (C=O) groups excluding carboxylic acids is 2. The van der Waals surface area contributed by atoms with Gasteiger partial charge in [-0.05, 0) is 43.7 Å². The molecule has 0 fully saturated rings. The molecule has 0 saturated carbocycles. The Labute approximate surface area is 173 Å². The van der Waals surface area contributed by atoms with E-state index in [2.05, 4.69) is 4.72 Å². The second-order valence-corrected chi connectivity index (χ2v) is 8.98. The molecule has 0 amide bonds. The fourth-order valence-corrected chi connectivity index (χ4v) is 3.78. The lowest BCUT2D eigenvalue weighted by atomic mass is 10.2. The molecule has 0 saturated heterocycles. The van der Waals surface area contributed by atoms with Crippen molar-refractivity contribution in [3.8, 4) is 11.5 Å². The fourth-order valence-electron chi connectivity index (χ4n) is 2.38. The van der Waals surface area contributed by atoms with E-state index in [4.69, 9.17) is 14.2 Å². The van der Waals surface area contributed by atoms with Gasteiger partial charge in [-0.25, -0.2) is 17.9 Å². The van der Waals surface area contributed by atoms with E-state index in [1.54, 1.807) is 24.3 Å². The molecule has 0 atom stereocenters. The maximum atomic E-state index is 12.3. The highest BCUT2D eigenvalue weighted by Gasteiger charge is 2.16.